The van der Waals surface area contributed by atoms with Crippen molar-refractivity contribution in [2.45, 2.75) is 46.0 Å². The summed E-state index contributed by atoms with van der Waals surface area (Å²) >= 11 is 0. The highest BCUT2D eigenvalue weighted by molar-refractivity contribution is 5.39. The molecule has 4 nitrogen and oxygen atoms in total. The van der Waals surface area contributed by atoms with Crippen LogP contribution in [0.4, 0.5) is 16.2 Å². The lowest BCUT2D eigenvalue weighted by molar-refractivity contribution is 0.252. The van der Waals surface area contributed by atoms with Crippen molar-refractivity contribution in [3.63, 3.8) is 0 Å². The molecule has 0 atom stereocenters. The topological polar surface area (TPSA) is 63.8 Å². The van der Waals surface area contributed by atoms with E-state index in [0.717, 1.165) is 12.7 Å². The summed E-state index contributed by atoms with van der Waals surface area (Å²) in [6, 6.07) is 0. The normalized spacial score (nSPS) is 17.9. The first-order valence-corrected chi connectivity index (χ1v) is 7.03. The van der Waals surface area contributed by atoms with Gasteiger partial charge in [0.1, 0.15) is 0 Å². The van der Waals surface area contributed by atoms with Crippen molar-refractivity contribution >= 4 is 11.8 Å². The van der Waals surface area contributed by atoms with Gasteiger partial charge in [-0.2, -0.15) is 4.98 Å². The summed E-state index contributed by atoms with van der Waals surface area (Å²) < 4.78 is 13.6. The minimum atomic E-state index is -0.438. The molecule has 1 heterocycles. The number of nitrogens with one attached hydrogen (secondary N) is 1. The second-order valence-corrected chi connectivity index (χ2v) is 6.08. The lowest BCUT2D eigenvalue weighted by atomic mass is 9.78. The van der Waals surface area contributed by atoms with Crippen LogP contribution in [0.1, 0.15) is 46.0 Å². The average molecular weight is 266 g/mol. The molecule has 19 heavy (non-hydrogen) atoms. The van der Waals surface area contributed by atoms with Gasteiger partial charge in [-0.05, 0) is 30.6 Å². The third-order valence-electron chi connectivity index (χ3n) is 3.90. The van der Waals surface area contributed by atoms with Crippen LogP contribution in [0.3, 0.4) is 0 Å². The Bertz CT molecular complexity index is 427. The maximum atomic E-state index is 13.6. The number of halogens is 1. The summed E-state index contributed by atoms with van der Waals surface area (Å²) in [7, 11) is 0. The van der Waals surface area contributed by atoms with E-state index in [1.165, 1.54) is 32.1 Å². The average Bonchev–Trinajstić information content (AvgIpc) is 2.78. The van der Waals surface area contributed by atoms with E-state index in [1.807, 2.05) is 0 Å². The van der Waals surface area contributed by atoms with E-state index >= 15 is 0 Å². The smallest absolute Gasteiger partial charge is 0.222 e. The molecule has 0 unspecified atom stereocenters. The molecular weight excluding hydrogens is 243 g/mol. The number of anilines is 2. The Morgan fingerprint density at radius 2 is 2.11 bits per heavy atom. The molecule has 1 aliphatic carbocycles. The second-order valence-electron chi connectivity index (χ2n) is 6.08. The first-order valence-electron chi connectivity index (χ1n) is 7.03. The number of nitrogens with zero attached hydrogens (tertiary/aromatic N) is 2. The Morgan fingerprint density at radius 1 is 1.42 bits per heavy atom. The Kier molecular flexibility index (Phi) is 4.22. The van der Waals surface area contributed by atoms with Crippen LogP contribution in [0.2, 0.25) is 0 Å². The summed E-state index contributed by atoms with van der Waals surface area (Å²) in [6.45, 7) is 5.24. The number of hydrogen-bond donors (Lipinski definition) is 2. The fourth-order valence-corrected chi connectivity index (χ4v) is 3.22. The van der Waals surface area contributed by atoms with Crippen molar-refractivity contribution < 1.29 is 4.39 Å². The number of aromatic nitrogens is 2. The van der Waals surface area contributed by atoms with E-state index in [9.17, 15) is 4.39 Å². The third kappa shape index (κ3) is 3.55. The molecule has 1 aromatic heterocycles. The molecule has 3 N–H and O–H groups in total. The van der Waals surface area contributed by atoms with Gasteiger partial charge in [0.2, 0.25) is 5.95 Å². The Balaban J connectivity index is 2.04. The Labute approximate surface area is 114 Å². The van der Waals surface area contributed by atoms with E-state index in [4.69, 9.17) is 5.73 Å². The molecule has 106 valence electrons. The largest absolute Gasteiger partial charge is 0.368 e. The maximum absolute atomic E-state index is 13.6. The minimum Gasteiger partial charge on any atom is -0.368 e. The number of nitrogens with two attached hydrogens (primary N) is 1. The molecule has 0 saturated heterocycles. The summed E-state index contributed by atoms with van der Waals surface area (Å²) in [5.74, 6) is 0.544. The molecular formula is C14H23FN4. The van der Waals surface area contributed by atoms with Crippen LogP contribution in [0.25, 0.3) is 0 Å². The molecule has 0 aliphatic heterocycles. The first kappa shape index (κ1) is 14.0. The minimum absolute atomic E-state index is 0.105. The quantitative estimate of drug-likeness (QED) is 0.859. The summed E-state index contributed by atoms with van der Waals surface area (Å²) in [5.41, 5.74) is 5.77. The predicted octanol–water partition coefficient (Wildman–Crippen LogP) is 3.22. The van der Waals surface area contributed by atoms with Gasteiger partial charge in [-0.3, -0.25) is 0 Å². The van der Waals surface area contributed by atoms with Gasteiger partial charge in [-0.1, -0.05) is 26.7 Å². The maximum Gasteiger partial charge on any atom is 0.222 e. The van der Waals surface area contributed by atoms with Crippen LogP contribution in [0.15, 0.2) is 6.20 Å². The monoisotopic (exact) mass is 266 g/mol. The van der Waals surface area contributed by atoms with Gasteiger partial charge in [0.25, 0.3) is 0 Å². The zero-order chi connectivity index (χ0) is 13.9. The van der Waals surface area contributed by atoms with Gasteiger partial charge in [0.05, 0.1) is 6.20 Å². The highest BCUT2D eigenvalue weighted by Gasteiger charge is 2.34. The molecule has 2 rings (SSSR count). The molecule has 0 radical (unpaired) electrons. The van der Waals surface area contributed by atoms with Gasteiger partial charge in [0, 0.05) is 6.54 Å². The van der Waals surface area contributed by atoms with Crippen LogP contribution in [0.5, 0.6) is 0 Å². The van der Waals surface area contributed by atoms with Crippen LogP contribution in [-0.2, 0) is 0 Å². The summed E-state index contributed by atoms with van der Waals surface area (Å²) in [5, 5.41) is 3.14. The number of hydrogen-bond acceptors (Lipinski definition) is 4. The zero-order valence-corrected chi connectivity index (χ0v) is 11.7. The van der Waals surface area contributed by atoms with E-state index in [0.29, 0.717) is 5.92 Å². The van der Waals surface area contributed by atoms with Crippen LogP contribution in [-0.4, -0.2) is 16.5 Å². The van der Waals surface area contributed by atoms with E-state index < -0.39 is 5.82 Å². The molecule has 0 aromatic carbocycles. The van der Waals surface area contributed by atoms with Crippen molar-refractivity contribution in [2.24, 2.45) is 11.3 Å². The highest BCUT2D eigenvalue weighted by Crippen LogP contribution is 2.43. The molecule has 5 heteroatoms. The predicted molar refractivity (Wildman–Crippen MR) is 75.2 cm³/mol. The number of nitrogen functional groups attached to an aromatic ring is 1. The van der Waals surface area contributed by atoms with Crippen molar-refractivity contribution in [3.05, 3.63) is 12.0 Å². The van der Waals surface area contributed by atoms with Crippen molar-refractivity contribution in [2.75, 3.05) is 17.6 Å². The SMILES string of the molecule is CC(C)CC1(CNc2nc(N)ncc2F)CCCC1. The van der Waals surface area contributed by atoms with Crippen LogP contribution < -0.4 is 11.1 Å². The molecule has 1 fully saturated rings. The fraction of sp³-hybridized carbons (Fsp3) is 0.714. The van der Waals surface area contributed by atoms with E-state index in [1.54, 1.807) is 0 Å². The Morgan fingerprint density at radius 3 is 2.74 bits per heavy atom. The third-order valence-corrected chi connectivity index (χ3v) is 3.90. The highest BCUT2D eigenvalue weighted by atomic mass is 19.1. The van der Waals surface area contributed by atoms with E-state index in [2.05, 4.69) is 29.1 Å². The van der Waals surface area contributed by atoms with Gasteiger partial charge in [-0.15, -0.1) is 0 Å². The molecule has 0 spiro atoms. The molecule has 0 amide bonds. The molecule has 1 saturated carbocycles. The van der Waals surface area contributed by atoms with E-state index in [-0.39, 0.29) is 17.2 Å². The van der Waals surface area contributed by atoms with Crippen LogP contribution >= 0.6 is 0 Å². The standard InChI is InChI=1S/C14H23FN4/c1-10(2)7-14(5-3-4-6-14)9-18-12-11(15)8-17-13(16)19-12/h8,10H,3-7,9H2,1-2H3,(H3,16,17,18,19). The van der Waals surface area contributed by atoms with Gasteiger partial charge >= 0.3 is 0 Å². The van der Waals surface area contributed by atoms with Crippen LogP contribution in [0, 0.1) is 17.2 Å². The van der Waals surface area contributed by atoms with Crippen molar-refractivity contribution in [1.29, 1.82) is 0 Å². The van der Waals surface area contributed by atoms with Gasteiger partial charge in [0.15, 0.2) is 11.6 Å². The zero-order valence-electron chi connectivity index (χ0n) is 11.7. The van der Waals surface area contributed by atoms with Gasteiger partial charge in [-0.25, -0.2) is 9.37 Å². The van der Waals surface area contributed by atoms with Crippen molar-refractivity contribution in [1.82, 2.24) is 9.97 Å². The van der Waals surface area contributed by atoms with Crippen molar-refractivity contribution in [3.8, 4) is 0 Å². The first-order chi connectivity index (χ1) is 9.01. The number of rotatable bonds is 5. The Hall–Kier alpha value is -1.39. The molecule has 1 aromatic rings. The summed E-state index contributed by atoms with van der Waals surface area (Å²) in [4.78, 5) is 7.56. The lowest BCUT2D eigenvalue weighted by Crippen LogP contribution is -2.29. The second kappa shape index (κ2) is 5.72. The molecule has 0 bridgehead atoms. The summed E-state index contributed by atoms with van der Waals surface area (Å²) in [6.07, 6.45) is 7.24. The lowest BCUT2D eigenvalue weighted by Gasteiger charge is -2.31. The van der Waals surface area contributed by atoms with Gasteiger partial charge < -0.3 is 11.1 Å². The molecule has 1 aliphatic rings. The fourth-order valence-electron chi connectivity index (χ4n) is 3.22.